The van der Waals surface area contributed by atoms with Gasteiger partial charge in [0.05, 0.1) is 22.8 Å². The summed E-state index contributed by atoms with van der Waals surface area (Å²) in [6.45, 7) is 0.723. The number of esters is 1. The highest BCUT2D eigenvalue weighted by Gasteiger charge is 2.37. The van der Waals surface area contributed by atoms with Crippen LogP contribution < -0.4 is 4.90 Å². The minimum atomic E-state index is -0.309. The summed E-state index contributed by atoms with van der Waals surface area (Å²) in [5, 5.41) is 1.35. The number of methoxy groups -OCH3 is 1. The first-order valence-corrected chi connectivity index (χ1v) is 6.17. The molecular weight excluding hydrogens is 284 g/mol. The lowest BCUT2D eigenvalue weighted by atomic mass is 10.0. The lowest BCUT2D eigenvalue weighted by Gasteiger charge is -2.41. The summed E-state index contributed by atoms with van der Waals surface area (Å²) in [4.78, 5) is 13.3. The summed E-state index contributed by atoms with van der Waals surface area (Å²) in [6, 6.07) is 2.91. The van der Waals surface area contributed by atoms with Crippen molar-refractivity contribution in [3.8, 4) is 0 Å². The van der Waals surface area contributed by atoms with Crippen molar-refractivity contribution in [2.45, 2.75) is 12.5 Å². The number of hydrogen-bond donors (Lipinski definition) is 0. The summed E-state index contributed by atoms with van der Waals surface area (Å²) in [5.41, 5.74) is 0.638. The highest BCUT2D eigenvalue weighted by Crippen LogP contribution is 2.40. The van der Waals surface area contributed by atoms with Gasteiger partial charge in [0, 0.05) is 11.6 Å². The summed E-state index contributed by atoms with van der Waals surface area (Å²) >= 11 is 18.0. The van der Waals surface area contributed by atoms with Crippen LogP contribution in [0.15, 0.2) is 12.1 Å². The van der Waals surface area contributed by atoms with E-state index in [0.29, 0.717) is 20.8 Å². The van der Waals surface area contributed by atoms with Crippen molar-refractivity contribution >= 4 is 46.5 Å². The van der Waals surface area contributed by atoms with Gasteiger partial charge in [-0.05, 0) is 18.6 Å². The molecule has 0 radical (unpaired) electrons. The third kappa shape index (κ3) is 2.32. The fraction of sp³-hybridized carbons (Fsp3) is 0.364. The van der Waals surface area contributed by atoms with E-state index in [1.807, 2.05) is 4.90 Å². The number of benzene rings is 1. The zero-order chi connectivity index (χ0) is 12.6. The molecule has 0 bridgehead atoms. The number of anilines is 1. The van der Waals surface area contributed by atoms with E-state index in [1.54, 1.807) is 12.1 Å². The second-order valence-electron chi connectivity index (χ2n) is 3.74. The minimum absolute atomic E-state index is 0.279. The van der Waals surface area contributed by atoms with Crippen LogP contribution in [-0.4, -0.2) is 25.7 Å². The Balaban J connectivity index is 2.32. The molecule has 1 aliphatic rings. The first kappa shape index (κ1) is 12.8. The third-order valence-electron chi connectivity index (χ3n) is 2.76. The van der Waals surface area contributed by atoms with E-state index in [4.69, 9.17) is 39.5 Å². The predicted octanol–water partition coefficient (Wildman–Crippen LogP) is 3.40. The van der Waals surface area contributed by atoms with Gasteiger partial charge in [0.25, 0.3) is 0 Å². The van der Waals surface area contributed by atoms with Crippen molar-refractivity contribution < 1.29 is 9.53 Å². The molecule has 1 heterocycles. The highest BCUT2D eigenvalue weighted by atomic mass is 35.5. The van der Waals surface area contributed by atoms with E-state index >= 15 is 0 Å². The number of rotatable bonds is 2. The summed E-state index contributed by atoms with van der Waals surface area (Å²) in [5.74, 6) is -0.279. The molecule has 0 amide bonds. The zero-order valence-electron chi connectivity index (χ0n) is 9.04. The topological polar surface area (TPSA) is 29.5 Å². The maximum atomic E-state index is 11.5. The molecule has 92 valence electrons. The molecule has 1 aromatic rings. The fourth-order valence-corrected chi connectivity index (χ4v) is 2.88. The van der Waals surface area contributed by atoms with Crippen LogP contribution in [0, 0.1) is 0 Å². The van der Waals surface area contributed by atoms with Crippen LogP contribution in [0.2, 0.25) is 15.1 Å². The van der Waals surface area contributed by atoms with Crippen molar-refractivity contribution in [3.63, 3.8) is 0 Å². The van der Waals surface area contributed by atoms with Gasteiger partial charge in [-0.15, -0.1) is 0 Å². The predicted molar refractivity (Wildman–Crippen MR) is 69.2 cm³/mol. The molecule has 2 rings (SSSR count). The summed E-state index contributed by atoms with van der Waals surface area (Å²) in [6.07, 6.45) is 0.738. The first-order valence-electron chi connectivity index (χ1n) is 5.03. The molecule has 0 spiro atoms. The van der Waals surface area contributed by atoms with Crippen LogP contribution in [0.5, 0.6) is 0 Å². The van der Waals surface area contributed by atoms with Crippen molar-refractivity contribution in [2.24, 2.45) is 0 Å². The second kappa shape index (κ2) is 4.92. The Morgan fingerprint density at radius 3 is 2.35 bits per heavy atom. The number of carbonyl (C=O) groups is 1. The Morgan fingerprint density at radius 1 is 1.35 bits per heavy atom. The van der Waals surface area contributed by atoms with Gasteiger partial charge in [-0.3, -0.25) is 0 Å². The van der Waals surface area contributed by atoms with Gasteiger partial charge in [-0.25, -0.2) is 4.79 Å². The van der Waals surface area contributed by atoms with Crippen molar-refractivity contribution in [2.75, 3.05) is 18.6 Å². The smallest absolute Gasteiger partial charge is 0.328 e. The molecule has 0 aliphatic carbocycles. The van der Waals surface area contributed by atoms with Gasteiger partial charge in [0.15, 0.2) is 0 Å². The molecule has 1 atom stereocenters. The van der Waals surface area contributed by atoms with Crippen molar-refractivity contribution in [1.29, 1.82) is 0 Å². The number of ether oxygens (including phenoxy) is 1. The van der Waals surface area contributed by atoms with E-state index in [1.165, 1.54) is 7.11 Å². The molecule has 0 N–H and O–H groups in total. The SMILES string of the molecule is COC(=O)C1CCN1c1c(Cl)cc(Cl)cc1Cl. The van der Waals surface area contributed by atoms with Crippen molar-refractivity contribution in [3.05, 3.63) is 27.2 Å². The lowest BCUT2D eigenvalue weighted by molar-refractivity contribution is -0.143. The zero-order valence-corrected chi connectivity index (χ0v) is 11.3. The van der Waals surface area contributed by atoms with Gasteiger partial charge in [-0.2, -0.15) is 0 Å². The van der Waals surface area contributed by atoms with Gasteiger partial charge < -0.3 is 9.64 Å². The Hall–Kier alpha value is -0.640. The molecular formula is C11H10Cl3NO2. The van der Waals surface area contributed by atoms with Gasteiger partial charge in [0.2, 0.25) is 0 Å². The monoisotopic (exact) mass is 293 g/mol. The maximum absolute atomic E-state index is 11.5. The Kier molecular flexibility index (Phi) is 3.71. The minimum Gasteiger partial charge on any atom is -0.467 e. The maximum Gasteiger partial charge on any atom is 0.328 e. The molecule has 1 aliphatic heterocycles. The van der Waals surface area contributed by atoms with E-state index in [-0.39, 0.29) is 12.0 Å². The molecule has 1 saturated heterocycles. The first-order chi connectivity index (χ1) is 8.04. The second-order valence-corrected chi connectivity index (χ2v) is 4.99. The van der Waals surface area contributed by atoms with Crippen LogP contribution in [0.3, 0.4) is 0 Å². The standard InChI is InChI=1S/C11H10Cl3NO2/c1-17-11(16)9-2-3-15(9)10-7(13)4-6(12)5-8(10)14/h4-5,9H,2-3H2,1H3. The number of hydrogen-bond acceptors (Lipinski definition) is 3. The Bertz CT molecular complexity index is 441. The third-order valence-corrected chi connectivity index (χ3v) is 3.56. The van der Waals surface area contributed by atoms with E-state index in [9.17, 15) is 4.79 Å². The van der Waals surface area contributed by atoms with Gasteiger partial charge in [0.1, 0.15) is 6.04 Å². The Morgan fingerprint density at radius 2 is 1.94 bits per heavy atom. The van der Waals surface area contributed by atoms with Crippen LogP contribution in [0.1, 0.15) is 6.42 Å². The molecule has 1 fully saturated rings. The molecule has 17 heavy (non-hydrogen) atoms. The van der Waals surface area contributed by atoms with Gasteiger partial charge >= 0.3 is 5.97 Å². The van der Waals surface area contributed by atoms with E-state index < -0.39 is 0 Å². The summed E-state index contributed by atoms with van der Waals surface area (Å²) in [7, 11) is 1.36. The van der Waals surface area contributed by atoms with Crippen LogP contribution in [0.4, 0.5) is 5.69 Å². The molecule has 6 heteroatoms. The van der Waals surface area contributed by atoms with Crippen LogP contribution in [0.25, 0.3) is 0 Å². The van der Waals surface area contributed by atoms with E-state index in [0.717, 1.165) is 13.0 Å². The Labute approximate surface area is 114 Å². The van der Waals surface area contributed by atoms with Crippen LogP contribution >= 0.6 is 34.8 Å². The molecule has 1 aromatic carbocycles. The average Bonchev–Trinajstić information content (AvgIpc) is 2.21. The quantitative estimate of drug-likeness (QED) is 0.783. The van der Waals surface area contributed by atoms with Crippen molar-refractivity contribution in [1.82, 2.24) is 0 Å². The average molecular weight is 295 g/mol. The summed E-state index contributed by atoms with van der Waals surface area (Å²) < 4.78 is 4.72. The largest absolute Gasteiger partial charge is 0.467 e. The molecule has 0 saturated carbocycles. The normalized spacial score (nSPS) is 18.8. The van der Waals surface area contributed by atoms with E-state index in [2.05, 4.69) is 0 Å². The van der Waals surface area contributed by atoms with Crippen LogP contribution in [-0.2, 0) is 9.53 Å². The highest BCUT2D eigenvalue weighted by molar-refractivity contribution is 6.41. The number of nitrogens with zero attached hydrogens (tertiary/aromatic N) is 1. The molecule has 3 nitrogen and oxygen atoms in total. The van der Waals surface area contributed by atoms with Gasteiger partial charge in [-0.1, -0.05) is 34.8 Å². The molecule has 0 aromatic heterocycles. The lowest BCUT2D eigenvalue weighted by Crippen LogP contribution is -2.53. The number of carbonyl (C=O) groups excluding carboxylic acids is 1. The molecule has 1 unspecified atom stereocenters. The number of halogens is 3. The fourth-order valence-electron chi connectivity index (χ4n) is 1.85.